The largest absolute Gasteiger partial charge is 0.588 e. The van der Waals surface area contributed by atoms with Gasteiger partial charge in [-0.1, -0.05) is 29.3 Å². The fraction of sp³-hybridized carbons (Fsp3) is 0.364. The van der Waals surface area contributed by atoms with Crippen molar-refractivity contribution in [2.45, 2.75) is 30.3 Å². The summed E-state index contributed by atoms with van der Waals surface area (Å²) in [6.45, 7) is 7.38. The van der Waals surface area contributed by atoms with E-state index < -0.39 is 22.2 Å². The van der Waals surface area contributed by atoms with Crippen molar-refractivity contribution in [1.82, 2.24) is 19.6 Å². The number of rotatable bonds is 13. The second-order valence-corrected chi connectivity index (χ2v) is 17.6. The molecule has 3 aromatic carbocycles. The number of amides is 1. The highest BCUT2D eigenvalue weighted by Crippen LogP contribution is 2.48. The number of pyridine rings is 1. The number of aromatic nitrogens is 2. The lowest BCUT2D eigenvalue weighted by molar-refractivity contribution is -0.384. The van der Waals surface area contributed by atoms with Crippen molar-refractivity contribution in [1.29, 1.82) is 0 Å². The number of nitro benzene ring substituents is 1. The van der Waals surface area contributed by atoms with E-state index in [1.807, 2.05) is 36.4 Å². The summed E-state index contributed by atoms with van der Waals surface area (Å²) in [6.07, 6.45) is 6.30. The number of hydrogen-bond donors (Lipinski definition) is 3. The number of nitrogens with one attached hydrogen (secondary N) is 3. The van der Waals surface area contributed by atoms with Crippen molar-refractivity contribution in [3.63, 3.8) is 0 Å². The molecule has 0 radical (unpaired) electrons. The van der Waals surface area contributed by atoms with E-state index in [2.05, 4.69) is 41.9 Å². The van der Waals surface area contributed by atoms with Gasteiger partial charge in [0.05, 0.1) is 61.9 Å². The number of benzene rings is 3. The minimum absolute atomic E-state index is 0.0581. The molecule has 9 rings (SSSR count). The first-order chi connectivity index (χ1) is 29.7. The molecule has 1 spiro atoms. The molecule has 17 heteroatoms. The van der Waals surface area contributed by atoms with Gasteiger partial charge in [0.1, 0.15) is 34.2 Å². The van der Waals surface area contributed by atoms with Crippen molar-refractivity contribution >= 4 is 62.5 Å². The Bertz CT molecular complexity index is 2430. The zero-order valence-electron chi connectivity index (χ0n) is 33.4. The highest BCUT2D eigenvalue weighted by molar-refractivity contribution is 7.90. The lowest BCUT2D eigenvalue weighted by atomic mass is 9.69. The molecule has 2 aromatic heterocycles. The summed E-state index contributed by atoms with van der Waals surface area (Å²) in [7, 11) is 0. The van der Waals surface area contributed by atoms with Crippen molar-refractivity contribution < 1.29 is 33.2 Å². The number of aromatic amines is 1. The molecule has 1 amide bonds. The highest BCUT2D eigenvalue weighted by atomic mass is 35.5. The normalized spacial score (nSPS) is 19.7. The van der Waals surface area contributed by atoms with Gasteiger partial charge in [0, 0.05) is 73.0 Å². The number of nitro groups is 1. The van der Waals surface area contributed by atoms with Crippen molar-refractivity contribution in [2.24, 2.45) is 5.41 Å². The van der Waals surface area contributed by atoms with Gasteiger partial charge in [0.15, 0.2) is 4.90 Å². The molecular formula is C44H46ClN7O8S. The van der Waals surface area contributed by atoms with Crippen LogP contribution >= 0.6 is 11.6 Å². The maximum atomic E-state index is 13.9. The summed E-state index contributed by atoms with van der Waals surface area (Å²) >= 11 is 4.12. The third kappa shape index (κ3) is 9.35. The Kier molecular flexibility index (Phi) is 12.2. The van der Waals surface area contributed by atoms with Crippen molar-refractivity contribution in [3.05, 3.63) is 117 Å². The van der Waals surface area contributed by atoms with Crippen LogP contribution in [0.4, 0.5) is 17.1 Å². The molecule has 15 nitrogen and oxygen atoms in total. The van der Waals surface area contributed by atoms with Gasteiger partial charge in [-0.15, -0.1) is 0 Å². The minimum atomic E-state index is -2.14. The Morgan fingerprint density at radius 2 is 1.87 bits per heavy atom. The number of carbonyl (C=O) groups excluding carboxylic acids is 1. The molecule has 1 aliphatic carbocycles. The van der Waals surface area contributed by atoms with Gasteiger partial charge >= 0.3 is 0 Å². The molecule has 61 heavy (non-hydrogen) atoms. The first-order valence-electron chi connectivity index (χ1n) is 20.4. The number of ether oxygens (including phenoxy) is 4. The quantitative estimate of drug-likeness (QED) is 0.0630. The Morgan fingerprint density at radius 1 is 1.03 bits per heavy atom. The third-order valence-corrected chi connectivity index (χ3v) is 13.2. The standard InChI is InChI=1S/C44H46ClN7O8S/c45-32-3-1-29(2-4-32)38-22-44(27-58-28-44)11-9-31(38)25-50-13-15-51(16-14-50)33-5-7-37(41(20-33)60-34-19-30-10-12-46-42(30)48-23-34)43(53)49-61(56)36-6-8-39(40(21-36)52(54)55)47-24-35-26-57-17-18-59-35/h1-8,10,12,19-21,23,35,47H,9,11,13-18,22,24-28H2,(H,46,48)(H,49,53). The molecule has 5 aromatic rings. The second-order valence-electron chi connectivity index (χ2n) is 16.0. The zero-order valence-corrected chi connectivity index (χ0v) is 35.0. The van der Waals surface area contributed by atoms with Crippen LogP contribution in [0.3, 0.4) is 0 Å². The first kappa shape index (κ1) is 41.2. The average Bonchev–Trinajstić information content (AvgIpc) is 3.74. The summed E-state index contributed by atoms with van der Waals surface area (Å²) in [5, 5.41) is 16.6. The second kappa shape index (κ2) is 18.0. The van der Waals surface area contributed by atoms with Gasteiger partial charge in [-0.05, 0) is 78.9 Å². The SMILES string of the molecule is O=C(N[S+]([O-])c1ccc(NCC2COCCO2)c([N+](=O)[O-])c1)c1ccc(N2CCN(CC3=C(c4ccc(Cl)cc4)CC4(CC3)COC4)CC2)cc1Oc1cnc2[nH]ccc2c1. The summed E-state index contributed by atoms with van der Waals surface area (Å²) in [4.78, 5) is 37.7. The summed E-state index contributed by atoms with van der Waals surface area (Å²) < 4.78 is 39.2. The van der Waals surface area contributed by atoms with Crippen LogP contribution in [-0.4, -0.2) is 109 Å². The summed E-state index contributed by atoms with van der Waals surface area (Å²) in [5.41, 5.74) is 6.03. The number of anilines is 2. The highest BCUT2D eigenvalue weighted by Gasteiger charge is 2.42. The molecule has 2 unspecified atom stereocenters. The van der Waals surface area contributed by atoms with Crippen LogP contribution in [0.25, 0.3) is 16.6 Å². The van der Waals surface area contributed by atoms with E-state index in [1.54, 1.807) is 18.5 Å². The van der Waals surface area contributed by atoms with Crippen LogP contribution in [0, 0.1) is 15.5 Å². The van der Waals surface area contributed by atoms with E-state index in [9.17, 15) is 19.5 Å². The number of hydrogen-bond acceptors (Lipinski definition) is 12. The van der Waals surface area contributed by atoms with Gasteiger partial charge < -0.3 is 38.7 Å². The minimum Gasteiger partial charge on any atom is -0.588 e. The predicted molar refractivity (Wildman–Crippen MR) is 233 cm³/mol. The lowest BCUT2D eigenvalue weighted by Crippen LogP contribution is -2.48. The monoisotopic (exact) mass is 867 g/mol. The van der Waals surface area contributed by atoms with Gasteiger partial charge in [0.25, 0.3) is 11.6 Å². The van der Waals surface area contributed by atoms with Crippen LogP contribution in [0.1, 0.15) is 35.2 Å². The number of fused-ring (bicyclic) bond motifs is 1. The number of allylic oxidation sites excluding steroid dienone is 1. The predicted octanol–water partition coefficient (Wildman–Crippen LogP) is 6.97. The van der Waals surface area contributed by atoms with Crippen molar-refractivity contribution in [2.75, 3.05) is 82.5 Å². The van der Waals surface area contributed by atoms with E-state index in [0.717, 1.165) is 81.3 Å². The molecule has 3 N–H and O–H groups in total. The average molecular weight is 868 g/mol. The molecule has 2 atom stereocenters. The smallest absolute Gasteiger partial charge is 0.297 e. The maximum Gasteiger partial charge on any atom is 0.297 e. The van der Waals surface area contributed by atoms with E-state index in [1.165, 1.54) is 34.9 Å². The van der Waals surface area contributed by atoms with E-state index in [0.29, 0.717) is 37.8 Å². The van der Waals surface area contributed by atoms with Gasteiger partial charge in [-0.3, -0.25) is 19.8 Å². The molecule has 0 saturated carbocycles. The van der Waals surface area contributed by atoms with Crippen LogP contribution < -0.4 is 19.7 Å². The molecule has 318 valence electrons. The molecule has 5 heterocycles. The third-order valence-electron chi connectivity index (χ3n) is 11.9. The zero-order chi connectivity index (χ0) is 41.9. The van der Waals surface area contributed by atoms with Gasteiger partial charge in [-0.2, -0.15) is 4.72 Å². The Hall–Kier alpha value is -5.20. The maximum absolute atomic E-state index is 13.9. The van der Waals surface area contributed by atoms with E-state index >= 15 is 0 Å². The topological polar surface area (TPSA) is 179 Å². The lowest BCUT2D eigenvalue weighted by Gasteiger charge is -2.46. The number of piperazine rings is 1. The summed E-state index contributed by atoms with van der Waals surface area (Å²) in [5.74, 6) is -0.00719. The number of carbonyl (C=O) groups is 1. The van der Waals surface area contributed by atoms with E-state index in [4.69, 9.17) is 30.5 Å². The van der Waals surface area contributed by atoms with Crippen LogP contribution in [-0.2, 0) is 25.6 Å². The molecular weight excluding hydrogens is 822 g/mol. The fourth-order valence-corrected chi connectivity index (χ4v) is 9.38. The fourth-order valence-electron chi connectivity index (χ4n) is 8.44. The molecule has 3 aliphatic heterocycles. The van der Waals surface area contributed by atoms with Crippen LogP contribution in [0.2, 0.25) is 5.02 Å². The molecule has 3 fully saturated rings. The molecule has 3 saturated heterocycles. The van der Waals surface area contributed by atoms with Gasteiger partial charge in [-0.25, -0.2) is 4.98 Å². The van der Waals surface area contributed by atoms with Crippen LogP contribution in [0.5, 0.6) is 11.5 Å². The number of nitrogens with zero attached hydrogens (tertiary/aromatic N) is 4. The number of H-pyrrole nitrogens is 1. The van der Waals surface area contributed by atoms with Gasteiger partial charge in [0.2, 0.25) is 0 Å². The van der Waals surface area contributed by atoms with Crippen LogP contribution in [0.15, 0.2) is 95.7 Å². The molecule has 0 bridgehead atoms. The first-order valence-corrected chi connectivity index (χ1v) is 21.9. The molecule has 4 aliphatic rings. The van der Waals surface area contributed by atoms with E-state index in [-0.39, 0.29) is 39.1 Å². The number of halogens is 1. The Balaban J connectivity index is 0.908. The van der Waals surface area contributed by atoms with Crippen molar-refractivity contribution in [3.8, 4) is 11.5 Å². The Labute approximate surface area is 360 Å². The summed E-state index contributed by atoms with van der Waals surface area (Å²) in [6, 6.07) is 21.4. The Morgan fingerprint density at radius 3 is 2.62 bits per heavy atom.